The maximum Gasteiger partial charge on any atom is 0.374 e. The molecule has 2 aromatic heterocycles. The first kappa shape index (κ1) is 13.1. The maximum absolute atomic E-state index is 11.9. The fraction of sp³-hybridized carbons (Fsp3) is 0.286. The summed E-state index contributed by atoms with van der Waals surface area (Å²) in [5.41, 5.74) is 2.90. The summed E-state index contributed by atoms with van der Waals surface area (Å²) in [6.07, 6.45) is 1.41. The Bertz CT molecular complexity index is 621. The van der Waals surface area contributed by atoms with Crippen LogP contribution in [-0.2, 0) is 4.74 Å². The van der Waals surface area contributed by atoms with Crippen LogP contribution in [0.2, 0.25) is 0 Å². The zero-order valence-corrected chi connectivity index (χ0v) is 11.1. The number of esters is 1. The van der Waals surface area contributed by atoms with Gasteiger partial charge in [-0.25, -0.2) is 4.79 Å². The number of H-pyrrole nitrogens is 1. The number of aromatic nitrogens is 1. The average Bonchev–Trinajstić information content (AvgIpc) is 2.91. The van der Waals surface area contributed by atoms with Gasteiger partial charge >= 0.3 is 5.97 Å². The molecule has 0 aliphatic rings. The number of ether oxygens (including phenoxy) is 1. The van der Waals surface area contributed by atoms with Crippen LogP contribution in [0.15, 0.2) is 22.8 Å². The standard InChI is InChI=1S/C14H15NO4/c1-8-4-5-18-13(8)14(17)19-7-12(16)11-6-9(2)15-10(11)3/h4-6,15H,7H2,1-3H3. The van der Waals surface area contributed by atoms with Crippen molar-refractivity contribution in [2.24, 2.45) is 0 Å². The topological polar surface area (TPSA) is 72.3 Å². The molecule has 0 aliphatic heterocycles. The molecule has 2 heterocycles. The molecule has 0 aliphatic carbocycles. The van der Waals surface area contributed by atoms with Gasteiger partial charge in [-0.05, 0) is 32.9 Å². The first-order valence-electron chi connectivity index (χ1n) is 5.89. The van der Waals surface area contributed by atoms with Gasteiger partial charge < -0.3 is 14.1 Å². The third-order valence-electron chi connectivity index (χ3n) is 2.83. The Morgan fingerprint density at radius 1 is 1.32 bits per heavy atom. The molecule has 0 bridgehead atoms. The Morgan fingerprint density at radius 3 is 2.58 bits per heavy atom. The van der Waals surface area contributed by atoms with Crippen molar-refractivity contribution in [2.45, 2.75) is 20.8 Å². The molecule has 2 rings (SSSR count). The Kier molecular flexibility index (Phi) is 3.55. The van der Waals surface area contributed by atoms with Crippen molar-refractivity contribution < 1.29 is 18.7 Å². The Balaban J connectivity index is 2.00. The van der Waals surface area contributed by atoms with Crippen LogP contribution < -0.4 is 0 Å². The van der Waals surface area contributed by atoms with Crippen molar-refractivity contribution in [1.29, 1.82) is 0 Å². The quantitative estimate of drug-likeness (QED) is 0.678. The van der Waals surface area contributed by atoms with E-state index < -0.39 is 5.97 Å². The van der Waals surface area contributed by atoms with E-state index in [2.05, 4.69) is 4.98 Å². The van der Waals surface area contributed by atoms with Gasteiger partial charge in [-0.2, -0.15) is 0 Å². The van der Waals surface area contributed by atoms with Crippen LogP contribution >= 0.6 is 0 Å². The summed E-state index contributed by atoms with van der Waals surface area (Å²) in [6.45, 7) is 5.11. The molecule has 0 saturated heterocycles. The summed E-state index contributed by atoms with van der Waals surface area (Å²) in [6, 6.07) is 3.40. The van der Waals surface area contributed by atoms with Crippen LogP contribution in [0.4, 0.5) is 0 Å². The Labute approximate surface area is 110 Å². The molecule has 0 unspecified atom stereocenters. The number of carbonyl (C=O) groups is 2. The highest BCUT2D eigenvalue weighted by Gasteiger charge is 2.18. The molecule has 5 heteroatoms. The number of ketones is 1. The van der Waals surface area contributed by atoms with Gasteiger partial charge in [-0.1, -0.05) is 0 Å². The minimum absolute atomic E-state index is 0.134. The van der Waals surface area contributed by atoms with E-state index in [0.717, 1.165) is 11.4 Å². The van der Waals surface area contributed by atoms with E-state index in [1.807, 2.05) is 6.92 Å². The predicted molar refractivity (Wildman–Crippen MR) is 68.3 cm³/mol. The van der Waals surface area contributed by atoms with Crippen molar-refractivity contribution in [1.82, 2.24) is 4.98 Å². The van der Waals surface area contributed by atoms with Gasteiger partial charge in [0.1, 0.15) is 0 Å². The van der Waals surface area contributed by atoms with Crippen LogP contribution in [0.1, 0.15) is 37.9 Å². The van der Waals surface area contributed by atoms with Crippen molar-refractivity contribution in [3.63, 3.8) is 0 Å². The monoisotopic (exact) mass is 261 g/mol. The van der Waals surface area contributed by atoms with Gasteiger partial charge in [0.15, 0.2) is 6.61 Å². The van der Waals surface area contributed by atoms with Crippen LogP contribution in [-0.4, -0.2) is 23.3 Å². The summed E-state index contributed by atoms with van der Waals surface area (Å²) in [4.78, 5) is 26.6. The van der Waals surface area contributed by atoms with Gasteiger partial charge in [0.2, 0.25) is 11.5 Å². The van der Waals surface area contributed by atoms with Crippen molar-refractivity contribution in [3.8, 4) is 0 Å². The second kappa shape index (κ2) is 5.14. The smallest absolute Gasteiger partial charge is 0.374 e. The number of rotatable bonds is 4. The van der Waals surface area contributed by atoms with Gasteiger partial charge in [0.25, 0.3) is 0 Å². The normalized spacial score (nSPS) is 10.5. The molecule has 0 fully saturated rings. The number of aryl methyl sites for hydroxylation is 3. The minimum atomic E-state index is -0.624. The van der Waals surface area contributed by atoms with Gasteiger partial charge in [-0.15, -0.1) is 0 Å². The lowest BCUT2D eigenvalue weighted by molar-refractivity contribution is 0.0443. The number of aromatic amines is 1. The summed E-state index contributed by atoms with van der Waals surface area (Å²) in [5.74, 6) is -0.727. The van der Waals surface area contributed by atoms with Crippen molar-refractivity contribution >= 4 is 11.8 Å². The van der Waals surface area contributed by atoms with Crippen molar-refractivity contribution in [3.05, 3.63) is 46.7 Å². The Morgan fingerprint density at radius 2 is 2.05 bits per heavy atom. The largest absolute Gasteiger partial charge is 0.457 e. The van der Waals surface area contributed by atoms with E-state index in [1.165, 1.54) is 6.26 Å². The average molecular weight is 261 g/mol. The van der Waals surface area contributed by atoms with Gasteiger partial charge in [0.05, 0.1) is 6.26 Å². The lowest BCUT2D eigenvalue weighted by Crippen LogP contribution is -2.14. The van der Waals surface area contributed by atoms with E-state index in [9.17, 15) is 9.59 Å². The molecule has 0 spiro atoms. The van der Waals surface area contributed by atoms with Crippen molar-refractivity contribution in [2.75, 3.05) is 6.61 Å². The fourth-order valence-corrected chi connectivity index (χ4v) is 1.87. The van der Waals surface area contributed by atoms with E-state index in [0.29, 0.717) is 11.1 Å². The molecule has 5 nitrogen and oxygen atoms in total. The molecular weight excluding hydrogens is 246 g/mol. The number of hydrogen-bond acceptors (Lipinski definition) is 4. The highest BCUT2D eigenvalue weighted by molar-refractivity contribution is 6.00. The van der Waals surface area contributed by atoms with E-state index >= 15 is 0 Å². The maximum atomic E-state index is 11.9. The summed E-state index contributed by atoms with van der Waals surface area (Å²) < 4.78 is 9.95. The number of nitrogens with one attached hydrogen (secondary N) is 1. The van der Waals surface area contributed by atoms with Gasteiger partial charge in [0, 0.05) is 22.5 Å². The highest BCUT2D eigenvalue weighted by atomic mass is 16.5. The van der Waals surface area contributed by atoms with E-state index in [-0.39, 0.29) is 18.2 Å². The molecule has 0 amide bonds. The van der Waals surface area contributed by atoms with E-state index in [4.69, 9.17) is 9.15 Å². The molecular formula is C14H15NO4. The second-order valence-corrected chi connectivity index (χ2v) is 4.42. The Hall–Kier alpha value is -2.30. The lowest BCUT2D eigenvalue weighted by Gasteiger charge is -2.02. The highest BCUT2D eigenvalue weighted by Crippen LogP contribution is 2.13. The van der Waals surface area contributed by atoms with Gasteiger partial charge in [-0.3, -0.25) is 4.79 Å². The summed E-state index contributed by atoms with van der Waals surface area (Å²) in [7, 11) is 0. The third-order valence-corrected chi connectivity index (χ3v) is 2.83. The predicted octanol–water partition coefficient (Wildman–Crippen LogP) is 2.57. The SMILES string of the molecule is Cc1cc(C(=O)COC(=O)c2occc2C)c(C)[nH]1. The van der Waals surface area contributed by atoms with Crippen LogP contribution in [0.5, 0.6) is 0 Å². The van der Waals surface area contributed by atoms with Crippen LogP contribution in [0, 0.1) is 20.8 Å². The summed E-state index contributed by atoms with van der Waals surface area (Å²) in [5, 5.41) is 0. The zero-order chi connectivity index (χ0) is 14.0. The van der Waals surface area contributed by atoms with Crippen LogP contribution in [0.3, 0.4) is 0 Å². The number of furan rings is 1. The molecule has 19 heavy (non-hydrogen) atoms. The number of hydrogen-bond donors (Lipinski definition) is 1. The minimum Gasteiger partial charge on any atom is -0.457 e. The first-order valence-corrected chi connectivity index (χ1v) is 5.89. The lowest BCUT2D eigenvalue weighted by atomic mass is 10.1. The number of Topliss-reactive ketones (excluding diaryl/α,β-unsaturated/α-hetero) is 1. The second-order valence-electron chi connectivity index (χ2n) is 4.42. The van der Waals surface area contributed by atoms with Crippen LogP contribution in [0.25, 0.3) is 0 Å². The zero-order valence-electron chi connectivity index (χ0n) is 11.1. The molecule has 0 radical (unpaired) electrons. The first-order chi connectivity index (χ1) is 8.99. The molecule has 0 atom stereocenters. The molecule has 2 aromatic rings. The van der Waals surface area contributed by atoms with E-state index in [1.54, 1.807) is 26.0 Å². The summed E-state index contributed by atoms with van der Waals surface area (Å²) >= 11 is 0. The third kappa shape index (κ3) is 2.76. The molecule has 0 aromatic carbocycles. The molecule has 100 valence electrons. The number of carbonyl (C=O) groups excluding carboxylic acids is 2. The fourth-order valence-electron chi connectivity index (χ4n) is 1.87. The molecule has 1 N–H and O–H groups in total. The molecule has 0 saturated carbocycles.